The van der Waals surface area contributed by atoms with Crippen LogP contribution in [0.4, 0.5) is 0 Å². The number of fused-ring (bicyclic) bond motifs is 10. The maximum absolute atomic E-state index is 9.28. The third-order valence-corrected chi connectivity index (χ3v) is 9.14. The quantitative estimate of drug-likeness (QED) is 0.188. The lowest BCUT2D eigenvalue weighted by atomic mass is 9.70. The van der Waals surface area contributed by atoms with Crippen molar-refractivity contribution in [2.24, 2.45) is 0 Å². The molecule has 0 saturated heterocycles. The number of benzene rings is 6. The predicted molar refractivity (Wildman–Crippen MR) is 179 cm³/mol. The molecular formula is C41H32O4. The van der Waals surface area contributed by atoms with Crippen molar-refractivity contribution in [1.82, 2.24) is 0 Å². The predicted octanol–water partition coefficient (Wildman–Crippen LogP) is 8.11. The van der Waals surface area contributed by atoms with Gasteiger partial charge in [-0.3, -0.25) is 0 Å². The second-order valence-corrected chi connectivity index (χ2v) is 11.6. The van der Waals surface area contributed by atoms with E-state index in [1.165, 1.54) is 44.5 Å². The first-order chi connectivity index (χ1) is 22.2. The van der Waals surface area contributed by atoms with Crippen molar-refractivity contribution in [2.75, 3.05) is 26.4 Å². The van der Waals surface area contributed by atoms with Crippen molar-refractivity contribution in [3.63, 3.8) is 0 Å². The minimum Gasteiger partial charge on any atom is -0.491 e. The first-order valence-corrected chi connectivity index (χ1v) is 15.4. The van der Waals surface area contributed by atoms with Crippen LogP contribution in [0.3, 0.4) is 0 Å². The van der Waals surface area contributed by atoms with E-state index in [-0.39, 0.29) is 26.4 Å². The van der Waals surface area contributed by atoms with Crippen molar-refractivity contribution in [3.8, 4) is 56.0 Å². The Hall–Kier alpha value is -5.16. The van der Waals surface area contributed by atoms with E-state index in [1.807, 2.05) is 36.4 Å². The van der Waals surface area contributed by atoms with Gasteiger partial charge in [-0.25, -0.2) is 0 Å². The van der Waals surface area contributed by atoms with E-state index in [2.05, 4.69) is 97.1 Å². The molecule has 8 rings (SSSR count). The molecule has 0 saturated carbocycles. The third-order valence-electron chi connectivity index (χ3n) is 9.14. The highest BCUT2D eigenvalue weighted by Gasteiger charge is 2.51. The molecule has 4 nitrogen and oxygen atoms in total. The monoisotopic (exact) mass is 588 g/mol. The number of aliphatic hydroxyl groups is 2. The molecule has 6 aromatic carbocycles. The van der Waals surface area contributed by atoms with Crippen LogP contribution in [0.25, 0.3) is 44.5 Å². The van der Waals surface area contributed by atoms with Crippen LogP contribution in [-0.2, 0) is 5.41 Å². The van der Waals surface area contributed by atoms with E-state index in [4.69, 9.17) is 9.47 Å². The van der Waals surface area contributed by atoms with E-state index in [0.717, 1.165) is 33.8 Å². The van der Waals surface area contributed by atoms with Crippen molar-refractivity contribution in [1.29, 1.82) is 0 Å². The van der Waals surface area contributed by atoms with Gasteiger partial charge < -0.3 is 19.7 Å². The minimum atomic E-state index is -0.486. The van der Waals surface area contributed by atoms with Crippen molar-refractivity contribution >= 4 is 0 Å². The zero-order valence-corrected chi connectivity index (χ0v) is 24.7. The summed E-state index contributed by atoms with van der Waals surface area (Å²) in [7, 11) is 0. The van der Waals surface area contributed by atoms with Crippen molar-refractivity contribution in [3.05, 3.63) is 156 Å². The molecule has 1 spiro atoms. The molecule has 220 valence electrons. The molecule has 2 aliphatic carbocycles. The molecule has 0 atom stereocenters. The van der Waals surface area contributed by atoms with Gasteiger partial charge in [0.2, 0.25) is 0 Å². The van der Waals surface area contributed by atoms with Crippen LogP contribution >= 0.6 is 0 Å². The average Bonchev–Trinajstić information content (AvgIpc) is 3.56. The first kappa shape index (κ1) is 27.4. The highest BCUT2D eigenvalue weighted by molar-refractivity contribution is 5.96. The lowest BCUT2D eigenvalue weighted by Crippen LogP contribution is -2.26. The maximum atomic E-state index is 9.28. The number of rotatable bonds is 8. The van der Waals surface area contributed by atoms with Crippen LogP contribution in [0.2, 0.25) is 0 Å². The summed E-state index contributed by atoms with van der Waals surface area (Å²) in [6.45, 7) is 0.478. The summed E-state index contributed by atoms with van der Waals surface area (Å²) in [5.74, 6) is 1.48. The number of hydrogen-bond acceptors (Lipinski definition) is 4. The molecule has 0 aliphatic heterocycles. The highest BCUT2D eigenvalue weighted by atomic mass is 16.5. The second-order valence-electron chi connectivity index (χ2n) is 11.6. The molecule has 0 fully saturated rings. The summed E-state index contributed by atoms with van der Waals surface area (Å²) in [5.41, 5.74) is 14.0. The second kappa shape index (κ2) is 11.1. The van der Waals surface area contributed by atoms with E-state index in [9.17, 15) is 10.2 Å². The molecule has 0 unspecified atom stereocenters. The fraction of sp³-hybridized carbons (Fsp3) is 0.122. The Labute approximate surface area is 262 Å². The van der Waals surface area contributed by atoms with Crippen molar-refractivity contribution < 1.29 is 19.7 Å². The van der Waals surface area contributed by atoms with Gasteiger partial charge in [-0.1, -0.05) is 97.1 Å². The SMILES string of the molecule is OCCOc1cccc(-c2ccc3c(c2)C2(c4ccccc4-3)c3ccccc3-c3ccc(-c4cccc(OCCO)c4)cc32)c1. The summed E-state index contributed by atoms with van der Waals surface area (Å²) >= 11 is 0. The Balaban J connectivity index is 1.36. The zero-order valence-electron chi connectivity index (χ0n) is 24.7. The number of ether oxygens (including phenoxy) is 2. The van der Waals surface area contributed by atoms with Gasteiger partial charge in [-0.05, 0) is 103 Å². The van der Waals surface area contributed by atoms with Crippen LogP contribution in [0, 0.1) is 0 Å². The summed E-state index contributed by atoms with van der Waals surface area (Å²) in [4.78, 5) is 0. The smallest absolute Gasteiger partial charge is 0.120 e. The highest BCUT2D eigenvalue weighted by Crippen LogP contribution is 2.63. The maximum Gasteiger partial charge on any atom is 0.120 e. The average molecular weight is 589 g/mol. The third kappa shape index (κ3) is 4.29. The van der Waals surface area contributed by atoms with Crippen LogP contribution in [0.1, 0.15) is 22.3 Å². The minimum absolute atomic E-state index is 0.0232. The Morgan fingerprint density at radius 3 is 1.29 bits per heavy atom. The van der Waals surface area contributed by atoms with Gasteiger partial charge in [0.1, 0.15) is 24.7 Å². The molecule has 0 bridgehead atoms. The van der Waals surface area contributed by atoms with Gasteiger partial charge in [-0.15, -0.1) is 0 Å². The Bertz CT molecular complexity index is 1910. The molecule has 4 heteroatoms. The van der Waals surface area contributed by atoms with Gasteiger partial charge in [0, 0.05) is 0 Å². The van der Waals surface area contributed by atoms with Crippen molar-refractivity contribution in [2.45, 2.75) is 5.41 Å². The molecule has 0 aromatic heterocycles. The largest absolute Gasteiger partial charge is 0.491 e. The normalized spacial score (nSPS) is 13.2. The van der Waals surface area contributed by atoms with E-state index in [0.29, 0.717) is 0 Å². The molecule has 6 aromatic rings. The van der Waals surface area contributed by atoms with Crippen LogP contribution in [-0.4, -0.2) is 36.6 Å². The molecule has 2 aliphatic rings. The molecule has 0 radical (unpaired) electrons. The zero-order chi connectivity index (χ0) is 30.4. The lowest BCUT2D eigenvalue weighted by Gasteiger charge is -2.31. The summed E-state index contributed by atoms with van der Waals surface area (Å²) in [6.07, 6.45) is 0. The molecule has 0 amide bonds. The number of hydrogen-bond donors (Lipinski definition) is 2. The van der Waals surface area contributed by atoms with Crippen LogP contribution in [0.5, 0.6) is 11.5 Å². The van der Waals surface area contributed by atoms with E-state index in [1.54, 1.807) is 0 Å². The fourth-order valence-corrected chi connectivity index (χ4v) is 7.36. The van der Waals surface area contributed by atoms with Gasteiger partial charge >= 0.3 is 0 Å². The van der Waals surface area contributed by atoms with Gasteiger partial charge in [0.15, 0.2) is 0 Å². The summed E-state index contributed by atoms with van der Waals surface area (Å²) in [6, 6.07) is 47.5. The van der Waals surface area contributed by atoms with Crippen LogP contribution in [0.15, 0.2) is 133 Å². The lowest BCUT2D eigenvalue weighted by molar-refractivity contribution is 0.201. The number of aliphatic hydroxyl groups excluding tert-OH is 2. The molecular weight excluding hydrogens is 556 g/mol. The van der Waals surface area contributed by atoms with Gasteiger partial charge in [0.05, 0.1) is 18.6 Å². The fourth-order valence-electron chi connectivity index (χ4n) is 7.36. The topological polar surface area (TPSA) is 58.9 Å². The molecule has 45 heavy (non-hydrogen) atoms. The van der Waals surface area contributed by atoms with Gasteiger partial charge in [-0.2, -0.15) is 0 Å². The van der Waals surface area contributed by atoms with E-state index < -0.39 is 5.41 Å². The first-order valence-electron chi connectivity index (χ1n) is 15.4. The molecule has 2 N–H and O–H groups in total. The summed E-state index contributed by atoms with van der Waals surface area (Å²) in [5, 5.41) is 18.6. The van der Waals surface area contributed by atoms with Gasteiger partial charge in [0.25, 0.3) is 0 Å². The standard InChI is InChI=1S/C41H32O4/c42-19-21-44-31-9-5-7-27(23-31)29-15-17-35-33-11-1-3-13-37(33)41(39(35)25-29)38-14-4-2-12-34(38)36-18-16-30(26-40(36)41)28-8-6-10-32(24-28)45-22-20-43/h1-18,23-26,42-43H,19-22H2. The molecule has 0 heterocycles. The Morgan fingerprint density at radius 2 is 0.822 bits per heavy atom. The Morgan fingerprint density at radius 1 is 0.400 bits per heavy atom. The Kier molecular flexibility index (Phi) is 6.75. The van der Waals surface area contributed by atoms with E-state index >= 15 is 0 Å². The summed E-state index contributed by atoms with van der Waals surface area (Å²) < 4.78 is 11.5. The van der Waals surface area contributed by atoms with Crippen LogP contribution < -0.4 is 9.47 Å².